The zero-order valence-corrected chi connectivity index (χ0v) is 12.2. The van der Waals surface area contributed by atoms with Crippen molar-refractivity contribution in [1.82, 2.24) is 5.48 Å². The third-order valence-electron chi connectivity index (χ3n) is 2.21. The molecule has 0 bridgehead atoms. The summed E-state index contributed by atoms with van der Waals surface area (Å²) in [5.41, 5.74) is 3.13. The molecule has 0 saturated heterocycles. The molecule has 0 fully saturated rings. The van der Waals surface area contributed by atoms with Gasteiger partial charge in [-0.2, -0.15) is 0 Å². The Balaban J connectivity index is 2.55. The maximum atomic E-state index is 10.9. The fraction of sp³-hybridized carbons (Fsp3) is 0.154. The van der Waals surface area contributed by atoms with Gasteiger partial charge in [-0.1, -0.05) is 35.8 Å². The Hall–Kier alpha value is -1.69. The van der Waals surface area contributed by atoms with Crippen LogP contribution in [0.2, 0.25) is 10.0 Å². The van der Waals surface area contributed by atoms with Crippen molar-refractivity contribution in [1.29, 1.82) is 0 Å². The van der Waals surface area contributed by atoms with Gasteiger partial charge in [-0.05, 0) is 17.7 Å². The second-order valence-corrected chi connectivity index (χ2v) is 4.50. The summed E-state index contributed by atoms with van der Waals surface area (Å²) in [5.74, 6) is -1.18. The number of hydroxylamine groups is 1. The van der Waals surface area contributed by atoms with Crippen molar-refractivity contribution in [3.8, 4) is 0 Å². The van der Waals surface area contributed by atoms with Crippen LogP contribution >= 0.6 is 23.2 Å². The van der Waals surface area contributed by atoms with Gasteiger partial charge in [0.1, 0.15) is 5.57 Å². The minimum atomic E-state index is -1.18. The second-order valence-electron chi connectivity index (χ2n) is 3.69. The van der Waals surface area contributed by atoms with Crippen molar-refractivity contribution in [2.24, 2.45) is 0 Å². The molecule has 0 unspecified atom stereocenters. The highest BCUT2D eigenvalue weighted by atomic mass is 35.5. The first-order valence-corrected chi connectivity index (χ1v) is 6.18. The highest BCUT2D eigenvalue weighted by Gasteiger charge is 2.12. The Morgan fingerprint density at radius 1 is 1.45 bits per heavy atom. The lowest BCUT2D eigenvalue weighted by Crippen LogP contribution is -2.18. The fourth-order valence-electron chi connectivity index (χ4n) is 1.26. The van der Waals surface area contributed by atoms with Gasteiger partial charge in [0, 0.05) is 0 Å². The first-order chi connectivity index (χ1) is 9.45. The van der Waals surface area contributed by atoms with E-state index in [9.17, 15) is 4.79 Å². The van der Waals surface area contributed by atoms with E-state index >= 15 is 0 Å². The summed E-state index contributed by atoms with van der Waals surface area (Å²) < 4.78 is 4.65. The molecular formula is C13H13Cl2NO4. The van der Waals surface area contributed by atoms with Crippen molar-refractivity contribution in [3.63, 3.8) is 0 Å². The molecule has 1 aromatic carbocycles. The number of methoxy groups -OCH3 is 1. The predicted molar refractivity (Wildman–Crippen MR) is 76.3 cm³/mol. The van der Waals surface area contributed by atoms with E-state index in [-0.39, 0.29) is 17.9 Å². The summed E-state index contributed by atoms with van der Waals surface area (Å²) in [7, 11) is 1.34. The standard InChI is InChI=1S/C13H13Cl2NO4/c1-8(10(7-19-2)13(17)18)16-20-6-9-3-4-11(14)12(15)5-9/h3-5,7,16H,1,6H2,2H3,(H,17,18). The lowest BCUT2D eigenvalue weighted by molar-refractivity contribution is -0.132. The van der Waals surface area contributed by atoms with Crippen molar-refractivity contribution in [2.45, 2.75) is 6.61 Å². The molecule has 0 saturated carbocycles. The molecule has 0 aliphatic heterocycles. The minimum absolute atomic E-state index is 0.0689. The molecule has 0 aliphatic rings. The highest BCUT2D eigenvalue weighted by molar-refractivity contribution is 6.42. The molecule has 0 aromatic heterocycles. The second kappa shape index (κ2) is 7.79. The smallest absolute Gasteiger partial charge is 0.341 e. The number of nitrogens with one attached hydrogen (secondary N) is 1. The molecular weight excluding hydrogens is 305 g/mol. The van der Waals surface area contributed by atoms with Gasteiger partial charge in [0.2, 0.25) is 0 Å². The van der Waals surface area contributed by atoms with E-state index < -0.39 is 5.97 Å². The molecule has 7 heteroatoms. The van der Waals surface area contributed by atoms with Crippen LogP contribution in [0.3, 0.4) is 0 Å². The molecule has 2 N–H and O–H groups in total. The largest absolute Gasteiger partial charge is 0.503 e. The number of carbonyl (C=O) groups is 1. The van der Waals surface area contributed by atoms with Crippen LogP contribution in [0.1, 0.15) is 5.56 Å². The van der Waals surface area contributed by atoms with E-state index in [1.807, 2.05) is 0 Å². The molecule has 0 spiro atoms. The molecule has 0 amide bonds. The van der Waals surface area contributed by atoms with Crippen LogP contribution in [-0.2, 0) is 21.0 Å². The van der Waals surface area contributed by atoms with Crippen molar-refractivity contribution >= 4 is 29.2 Å². The van der Waals surface area contributed by atoms with Gasteiger partial charge in [-0.3, -0.25) is 10.3 Å². The molecule has 0 radical (unpaired) electrons. The Labute approximate surface area is 126 Å². The molecule has 5 nitrogen and oxygen atoms in total. The van der Waals surface area contributed by atoms with Crippen LogP contribution in [-0.4, -0.2) is 18.2 Å². The Morgan fingerprint density at radius 2 is 2.15 bits per heavy atom. The third kappa shape index (κ3) is 4.77. The molecule has 0 aliphatic carbocycles. The fourth-order valence-corrected chi connectivity index (χ4v) is 1.58. The zero-order chi connectivity index (χ0) is 15.1. The number of ether oxygens (including phenoxy) is 1. The maximum Gasteiger partial charge on any atom is 0.341 e. The molecule has 1 rings (SSSR count). The van der Waals surface area contributed by atoms with Gasteiger partial charge >= 0.3 is 5.97 Å². The molecule has 1 aromatic rings. The van der Waals surface area contributed by atoms with E-state index in [0.29, 0.717) is 10.0 Å². The Morgan fingerprint density at radius 3 is 2.70 bits per heavy atom. The lowest BCUT2D eigenvalue weighted by Gasteiger charge is -2.10. The van der Waals surface area contributed by atoms with E-state index in [1.165, 1.54) is 7.11 Å². The number of rotatable bonds is 7. The monoisotopic (exact) mass is 317 g/mol. The number of carboxylic acids is 1. The van der Waals surface area contributed by atoms with Gasteiger partial charge in [0.15, 0.2) is 0 Å². The van der Waals surface area contributed by atoms with Crippen molar-refractivity contribution in [3.05, 3.63) is 57.9 Å². The molecule has 20 heavy (non-hydrogen) atoms. The van der Waals surface area contributed by atoms with Crippen molar-refractivity contribution in [2.75, 3.05) is 7.11 Å². The molecule has 108 valence electrons. The number of hydrogen-bond acceptors (Lipinski definition) is 4. The molecule has 0 atom stereocenters. The van der Waals surface area contributed by atoms with Crippen molar-refractivity contribution < 1.29 is 19.5 Å². The number of halogens is 2. The number of aliphatic carboxylic acids is 1. The normalized spacial score (nSPS) is 11.1. The van der Waals surface area contributed by atoms with Crippen LogP contribution < -0.4 is 5.48 Å². The SMILES string of the molecule is C=C(NOCc1ccc(Cl)c(Cl)c1)C(=COC)C(=O)O. The summed E-state index contributed by atoms with van der Waals surface area (Å²) in [6.07, 6.45) is 1.06. The predicted octanol–water partition coefficient (Wildman–Crippen LogP) is 3.14. The van der Waals surface area contributed by atoms with Crippen LogP contribution in [0.5, 0.6) is 0 Å². The van der Waals surface area contributed by atoms with E-state index in [0.717, 1.165) is 11.8 Å². The van der Waals surface area contributed by atoms with Crippen LogP contribution in [0.25, 0.3) is 0 Å². The highest BCUT2D eigenvalue weighted by Crippen LogP contribution is 2.22. The Kier molecular flexibility index (Phi) is 6.38. The quantitative estimate of drug-likeness (QED) is 0.350. The van der Waals surface area contributed by atoms with Gasteiger partial charge in [0.25, 0.3) is 0 Å². The summed E-state index contributed by atoms with van der Waals surface area (Å²) in [4.78, 5) is 16.1. The first-order valence-electron chi connectivity index (χ1n) is 5.43. The lowest BCUT2D eigenvalue weighted by atomic mass is 10.2. The summed E-state index contributed by atoms with van der Waals surface area (Å²) in [5, 5.41) is 9.78. The summed E-state index contributed by atoms with van der Waals surface area (Å²) in [6, 6.07) is 5.03. The first kappa shape index (κ1) is 16.4. The number of hydrogen-bond donors (Lipinski definition) is 2. The number of benzene rings is 1. The molecule has 0 heterocycles. The van der Waals surface area contributed by atoms with E-state index in [1.54, 1.807) is 18.2 Å². The Bertz CT molecular complexity index is 543. The topological polar surface area (TPSA) is 67.8 Å². The van der Waals surface area contributed by atoms with Gasteiger partial charge < -0.3 is 9.84 Å². The average Bonchev–Trinajstić information content (AvgIpc) is 2.39. The third-order valence-corrected chi connectivity index (χ3v) is 2.95. The zero-order valence-electron chi connectivity index (χ0n) is 10.7. The average molecular weight is 318 g/mol. The summed E-state index contributed by atoms with van der Waals surface area (Å²) >= 11 is 11.6. The minimum Gasteiger partial charge on any atom is -0.503 e. The van der Waals surface area contributed by atoms with Crippen LogP contribution in [0, 0.1) is 0 Å². The maximum absolute atomic E-state index is 10.9. The van der Waals surface area contributed by atoms with Crippen LogP contribution in [0.15, 0.2) is 42.3 Å². The van der Waals surface area contributed by atoms with E-state index in [2.05, 4.69) is 16.8 Å². The van der Waals surface area contributed by atoms with Gasteiger partial charge in [-0.25, -0.2) is 4.79 Å². The van der Waals surface area contributed by atoms with E-state index in [4.69, 9.17) is 33.1 Å². The van der Waals surface area contributed by atoms with Gasteiger partial charge in [0.05, 0.1) is 35.7 Å². The number of carboxylic acid groups (broad SMARTS) is 1. The van der Waals surface area contributed by atoms with Crippen LogP contribution in [0.4, 0.5) is 0 Å². The van der Waals surface area contributed by atoms with Gasteiger partial charge in [-0.15, -0.1) is 0 Å². The summed E-state index contributed by atoms with van der Waals surface area (Å²) in [6.45, 7) is 3.71.